The molecule has 0 unspecified atom stereocenters. The zero-order valence-electron chi connectivity index (χ0n) is 6.40. The summed E-state index contributed by atoms with van der Waals surface area (Å²) in [6, 6.07) is 2.87. The Balaban J connectivity index is 3.37. The van der Waals surface area contributed by atoms with Crippen molar-refractivity contribution in [2.45, 2.75) is 6.92 Å². The van der Waals surface area contributed by atoms with Crippen molar-refractivity contribution in [3.63, 3.8) is 0 Å². The molecule has 4 heteroatoms. The van der Waals surface area contributed by atoms with Gasteiger partial charge in [0.15, 0.2) is 0 Å². The molecule has 2 N–H and O–H groups in total. The molecule has 0 radical (unpaired) electrons. The fourth-order valence-electron chi connectivity index (χ4n) is 0.904. The van der Waals surface area contributed by atoms with E-state index in [2.05, 4.69) is 15.9 Å². The minimum atomic E-state index is -0.635. The molecule has 0 bridgehead atoms. The molecule has 1 aromatic carbocycles. The summed E-state index contributed by atoms with van der Waals surface area (Å²) in [4.78, 5) is 10.8. The number of benzene rings is 1. The minimum Gasteiger partial charge on any atom is -0.366 e. The van der Waals surface area contributed by atoms with E-state index in [1.807, 2.05) is 0 Å². The average Bonchev–Trinajstić information content (AvgIpc) is 1.96. The van der Waals surface area contributed by atoms with Crippen LogP contribution in [0, 0.1) is 12.7 Å². The Morgan fingerprint density at radius 2 is 2.17 bits per heavy atom. The lowest BCUT2D eigenvalue weighted by Gasteiger charge is -2.02. The number of hydrogen-bond acceptors (Lipinski definition) is 1. The van der Waals surface area contributed by atoms with Crippen LogP contribution in [0.15, 0.2) is 16.6 Å². The molecule has 2 nitrogen and oxygen atoms in total. The smallest absolute Gasteiger partial charge is 0.249 e. The van der Waals surface area contributed by atoms with Crippen LogP contribution in [-0.4, -0.2) is 5.91 Å². The first-order valence-corrected chi connectivity index (χ1v) is 4.07. The van der Waals surface area contributed by atoms with Crippen LogP contribution in [0.3, 0.4) is 0 Å². The predicted molar refractivity (Wildman–Crippen MR) is 47.4 cm³/mol. The monoisotopic (exact) mass is 231 g/mol. The van der Waals surface area contributed by atoms with Crippen molar-refractivity contribution in [1.29, 1.82) is 0 Å². The van der Waals surface area contributed by atoms with Gasteiger partial charge in [0.25, 0.3) is 0 Å². The Hall–Kier alpha value is -0.900. The Morgan fingerprint density at radius 3 is 2.67 bits per heavy atom. The third kappa shape index (κ3) is 1.64. The first-order chi connectivity index (χ1) is 5.52. The number of amides is 1. The zero-order chi connectivity index (χ0) is 9.30. The highest BCUT2D eigenvalue weighted by Crippen LogP contribution is 2.21. The molecule has 0 atom stereocenters. The average molecular weight is 232 g/mol. The van der Waals surface area contributed by atoms with Crippen molar-refractivity contribution in [1.82, 2.24) is 0 Å². The lowest BCUT2D eigenvalue weighted by atomic mass is 10.1. The summed E-state index contributed by atoms with van der Waals surface area (Å²) in [6.07, 6.45) is 0. The second kappa shape index (κ2) is 3.23. The number of rotatable bonds is 1. The van der Waals surface area contributed by atoms with Crippen LogP contribution in [0.1, 0.15) is 15.9 Å². The molecule has 0 saturated carbocycles. The van der Waals surface area contributed by atoms with Gasteiger partial charge in [-0.3, -0.25) is 4.79 Å². The SMILES string of the molecule is Cc1cc(F)c(Br)c(C(N)=O)c1. The van der Waals surface area contributed by atoms with Crippen molar-refractivity contribution in [3.8, 4) is 0 Å². The standard InChI is InChI=1S/C8H7BrFNO/c1-4-2-5(8(11)12)7(9)6(10)3-4/h2-3H,1H3,(H2,11,12). The molecule has 12 heavy (non-hydrogen) atoms. The molecule has 1 aromatic rings. The first kappa shape index (κ1) is 9.19. The highest BCUT2D eigenvalue weighted by molar-refractivity contribution is 9.10. The van der Waals surface area contributed by atoms with Crippen molar-refractivity contribution in [2.24, 2.45) is 5.73 Å². The largest absolute Gasteiger partial charge is 0.366 e. The molecule has 0 aliphatic rings. The van der Waals surface area contributed by atoms with E-state index < -0.39 is 11.7 Å². The van der Waals surface area contributed by atoms with Gasteiger partial charge in [-0.25, -0.2) is 4.39 Å². The van der Waals surface area contributed by atoms with E-state index in [9.17, 15) is 9.18 Å². The van der Waals surface area contributed by atoms with E-state index in [1.165, 1.54) is 12.1 Å². The summed E-state index contributed by atoms with van der Waals surface area (Å²) in [5.41, 5.74) is 5.86. The quantitative estimate of drug-likeness (QED) is 0.790. The van der Waals surface area contributed by atoms with Crippen LogP contribution in [0.5, 0.6) is 0 Å². The Kier molecular flexibility index (Phi) is 2.47. The van der Waals surface area contributed by atoms with E-state index in [1.54, 1.807) is 6.92 Å². The summed E-state index contributed by atoms with van der Waals surface area (Å²) < 4.78 is 13.1. The van der Waals surface area contributed by atoms with Crippen LogP contribution in [-0.2, 0) is 0 Å². The Morgan fingerprint density at radius 1 is 1.58 bits per heavy atom. The molecule has 0 fully saturated rings. The van der Waals surface area contributed by atoms with Crippen LogP contribution in [0.2, 0.25) is 0 Å². The van der Waals surface area contributed by atoms with Gasteiger partial charge < -0.3 is 5.73 Å². The lowest BCUT2D eigenvalue weighted by molar-refractivity contribution is 0.0999. The van der Waals surface area contributed by atoms with Crippen molar-refractivity contribution < 1.29 is 9.18 Å². The van der Waals surface area contributed by atoms with Crippen LogP contribution >= 0.6 is 15.9 Å². The molecule has 0 aliphatic heterocycles. The summed E-state index contributed by atoms with van der Waals surface area (Å²) in [5, 5.41) is 0. The normalized spacial score (nSPS) is 9.92. The molecule has 1 rings (SSSR count). The van der Waals surface area contributed by atoms with Gasteiger partial charge in [-0.1, -0.05) is 0 Å². The number of primary amides is 1. The molecule has 0 aliphatic carbocycles. The fourth-order valence-corrected chi connectivity index (χ4v) is 1.33. The number of nitrogens with two attached hydrogens (primary N) is 1. The zero-order valence-corrected chi connectivity index (χ0v) is 7.98. The van der Waals surface area contributed by atoms with Gasteiger partial charge in [-0.05, 0) is 40.5 Å². The highest BCUT2D eigenvalue weighted by Gasteiger charge is 2.10. The number of aryl methyl sites for hydroxylation is 1. The summed E-state index contributed by atoms with van der Waals surface area (Å²) >= 11 is 2.94. The second-order valence-corrected chi connectivity index (χ2v) is 3.27. The molecule has 0 saturated heterocycles. The van der Waals surface area contributed by atoms with E-state index in [4.69, 9.17) is 5.73 Å². The van der Waals surface area contributed by atoms with Crippen molar-refractivity contribution in [2.75, 3.05) is 0 Å². The first-order valence-electron chi connectivity index (χ1n) is 3.28. The predicted octanol–water partition coefficient (Wildman–Crippen LogP) is 2.00. The Bertz CT molecular complexity index is 338. The summed E-state index contributed by atoms with van der Waals surface area (Å²) in [6.45, 7) is 1.70. The topological polar surface area (TPSA) is 43.1 Å². The van der Waals surface area contributed by atoms with E-state index in [-0.39, 0.29) is 10.0 Å². The van der Waals surface area contributed by atoms with Gasteiger partial charge in [0.2, 0.25) is 5.91 Å². The molecule has 64 valence electrons. The van der Waals surface area contributed by atoms with E-state index >= 15 is 0 Å². The third-order valence-corrected chi connectivity index (χ3v) is 2.24. The van der Waals surface area contributed by atoms with Crippen LogP contribution in [0.4, 0.5) is 4.39 Å². The third-order valence-electron chi connectivity index (χ3n) is 1.44. The number of hydrogen-bond donors (Lipinski definition) is 1. The number of carbonyl (C=O) groups is 1. The van der Waals surface area contributed by atoms with Crippen molar-refractivity contribution in [3.05, 3.63) is 33.5 Å². The Labute approximate surface area is 77.7 Å². The maximum absolute atomic E-state index is 12.9. The highest BCUT2D eigenvalue weighted by atomic mass is 79.9. The number of halogens is 2. The van der Waals surface area contributed by atoms with Gasteiger partial charge in [0, 0.05) is 0 Å². The van der Waals surface area contributed by atoms with Gasteiger partial charge in [-0.15, -0.1) is 0 Å². The maximum Gasteiger partial charge on any atom is 0.249 e. The van der Waals surface area contributed by atoms with Gasteiger partial charge >= 0.3 is 0 Å². The van der Waals surface area contributed by atoms with Gasteiger partial charge in [0.05, 0.1) is 10.0 Å². The van der Waals surface area contributed by atoms with Gasteiger partial charge in [0.1, 0.15) is 5.82 Å². The lowest BCUT2D eigenvalue weighted by Crippen LogP contribution is -2.12. The minimum absolute atomic E-state index is 0.126. The van der Waals surface area contributed by atoms with E-state index in [0.29, 0.717) is 5.56 Å². The van der Waals surface area contributed by atoms with Crippen LogP contribution < -0.4 is 5.73 Å². The molecule has 1 amide bonds. The summed E-state index contributed by atoms with van der Waals surface area (Å²) in [7, 11) is 0. The molecule has 0 spiro atoms. The van der Waals surface area contributed by atoms with Crippen LogP contribution in [0.25, 0.3) is 0 Å². The summed E-state index contributed by atoms with van der Waals surface area (Å²) in [5.74, 6) is -1.10. The van der Waals surface area contributed by atoms with E-state index in [0.717, 1.165) is 0 Å². The number of carbonyl (C=O) groups excluding carboxylic acids is 1. The van der Waals surface area contributed by atoms with Crippen molar-refractivity contribution >= 4 is 21.8 Å². The molecule has 0 heterocycles. The van der Waals surface area contributed by atoms with Gasteiger partial charge in [-0.2, -0.15) is 0 Å². The molecular formula is C8H7BrFNO. The second-order valence-electron chi connectivity index (χ2n) is 2.47. The molecule has 0 aromatic heterocycles. The maximum atomic E-state index is 12.9. The fraction of sp³-hybridized carbons (Fsp3) is 0.125. The molecular weight excluding hydrogens is 225 g/mol.